The van der Waals surface area contributed by atoms with Gasteiger partial charge in [-0.25, -0.2) is 9.59 Å². The van der Waals surface area contributed by atoms with Crippen molar-refractivity contribution in [3.63, 3.8) is 0 Å². The minimum absolute atomic E-state index is 0.0676. The molecule has 0 saturated carbocycles. The number of aliphatic carboxylic acids is 1. The summed E-state index contributed by atoms with van der Waals surface area (Å²) in [6, 6.07) is 15.2. The number of carbonyl (C=O) groups is 2. The molecule has 4 N–H and O–H groups in total. The molecular weight excluding hydrogens is 432 g/mol. The molecule has 2 aromatic rings. The maximum absolute atomic E-state index is 12.4. The van der Waals surface area contributed by atoms with Crippen LogP contribution in [0.25, 0.3) is 11.1 Å². The summed E-state index contributed by atoms with van der Waals surface area (Å²) in [5.74, 6) is -0.392. The Bertz CT molecular complexity index is 954. The minimum atomic E-state index is -1.07. The second-order valence-electron chi connectivity index (χ2n) is 8.15. The molecule has 1 atom stereocenters. The van der Waals surface area contributed by atoms with Crippen LogP contribution in [0.1, 0.15) is 50.2 Å². The minimum Gasteiger partial charge on any atom is -0.480 e. The predicted octanol–water partition coefficient (Wildman–Crippen LogP) is 3.72. The molecule has 3 rings (SSSR count). The molecule has 0 fully saturated rings. The third-order valence-electron chi connectivity index (χ3n) is 5.79. The van der Waals surface area contributed by atoms with Gasteiger partial charge in [-0.05, 0) is 55.4 Å². The lowest BCUT2D eigenvalue weighted by atomic mass is 9.98. The lowest BCUT2D eigenvalue weighted by Crippen LogP contribution is -2.41. The Morgan fingerprint density at radius 1 is 0.971 bits per heavy atom. The van der Waals surface area contributed by atoms with E-state index in [0.29, 0.717) is 19.4 Å². The molecule has 1 aliphatic rings. The summed E-state index contributed by atoms with van der Waals surface area (Å²) in [4.78, 5) is 28.5. The second-order valence-corrected chi connectivity index (χ2v) is 8.15. The number of carboxylic acids is 1. The Morgan fingerprint density at radius 2 is 1.56 bits per heavy atom. The van der Waals surface area contributed by atoms with Gasteiger partial charge in [0.25, 0.3) is 0 Å². The van der Waals surface area contributed by atoms with E-state index < -0.39 is 18.1 Å². The SMILES string of the molecule is CCNC(=NCCCC[C@H](NC(=O)OCC1c2ccccc2-c2ccccc21)C(=O)O)NCC. The number of alkyl carbamates (subject to hydrolysis) is 1. The number of hydrogen-bond acceptors (Lipinski definition) is 4. The van der Waals surface area contributed by atoms with E-state index in [0.717, 1.165) is 47.7 Å². The standard InChI is InChI=1S/C26H34N4O4/c1-3-27-25(28-4-2)29-16-10-9-15-23(24(31)32)30-26(33)34-17-22-20-13-7-5-11-18(20)19-12-6-8-14-21(19)22/h5-8,11-14,22-23H,3-4,9-10,15-17H2,1-2H3,(H,30,33)(H,31,32)(H2,27,28,29)/t23-/m0/s1. The average Bonchev–Trinajstić information content (AvgIpc) is 3.15. The number of ether oxygens (including phenoxy) is 1. The van der Waals surface area contributed by atoms with Crippen molar-refractivity contribution in [2.45, 2.75) is 45.1 Å². The molecule has 0 heterocycles. The zero-order valence-electron chi connectivity index (χ0n) is 19.8. The van der Waals surface area contributed by atoms with Gasteiger partial charge in [-0.15, -0.1) is 0 Å². The predicted molar refractivity (Wildman–Crippen MR) is 133 cm³/mol. The number of nitrogens with one attached hydrogen (secondary N) is 3. The molecule has 1 aliphatic carbocycles. The summed E-state index contributed by atoms with van der Waals surface area (Å²) in [5, 5.41) is 18.3. The highest BCUT2D eigenvalue weighted by molar-refractivity contribution is 5.81. The van der Waals surface area contributed by atoms with Crippen molar-refractivity contribution in [3.05, 3.63) is 59.7 Å². The molecule has 1 amide bonds. The molecule has 0 aliphatic heterocycles. The van der Waals surface area contributed by atoms with Gasteiger partial charge >= 0.3 is 12.1 Å². The average molecular weight is 467 g/mol. The Balaban J connectivity index is 1.49. The Kier molecular flexibility index (Phi) is 9.31. The van der Waals surface area contributed by atoms with Crippen LogP contribution in [-0.4, -0.2) is 55.4 Å². The summed E-state index contributed by atoms with van der Waals surface area (Å²) in [6.07, 6.45) is 0.938. The van der Waals surface area contributed by atoms with Crippen LogP contribution in [0.15, 0.2) is 53.5 Å². The fraction of sp³-hybridized carbons (Fsp3) is 0.423. The molecule has 8 heteroatoms. The van der Waals surface area contributed by atoms with Crippen molar-refractivity contribution in [2.24, 2.45) is 4.99 Å². The van der Waals surface area contributed by atoms with E-state index in [1.807, 2.05) is 50.2 Å². The van der Waals surface area contributed by atoms with Crippen LogP contribution in [0, 0.1) is 0 Å². The van der Waals surface area contributed by atoms with Crippen molar-refractivity contribution in [2.75, 3.05) is 26.2 Å². The lowest BCUT2D eigenvalue weighted by Gasteiger charge is -2.17. The third-order valence-corrected chi connectivity index (χ3v) is 5.79. The molecule has 8 nitrogen and oxygen atoms in total. The summed E-state index contributed by atoms with van der Waals surface area (Å²) in [5.41, 5.74) is 4.51. The van der Waals surface area contributed by atoms with E-state index in [1.54, 1.807) is 0 Å². The first-order chi connectivity index (χ1) is 16.5. The van der Waals surface area contributed by atoms with Crippen LogP contribution < -0.4 is 16.0 Å². The van der Waals surface area contributed by atoms with E-state index in [9.17, 15) is 14.7 Å². The lowest BCUT2D eigenvalue weighted by molar-refractivity contribution is -0.139. The number of carboxylic acid groups (broad SMARTS) is 1. The quantitative estimate of drug-likeness (QED) is 0.228. The molecule has 2 aromatic carbocycles. The normalized spacial score (nSPS) is 12.8. The van der Waals surface area contributed by atoms with Crippen LogP contribution in [-0.2, 0) is 9.53 Å². The monoisotopic (exact) mass is 466 g/mol. The number of fused-ring (bicyclic) bond motifs is 3. The number of hydrogen-bond donors (Lipinski definition) is 4. The molecular formula is C26H34N4O4. The van der Waals surface area contributed by atoms with Crippen LogP contribution in [0.4, 0.5) is 4.79 Å². The molecule has 182 valence electrons. The molecule has 0 bridgehead atoms. The molecule has 34 heavy (non-hydrogen) atoms. The highest BCUT2D eigenvalue weighted by Gasteiger charge is 2.29. The van der Waals surface area contributed by atoms with Gasteiger partial charge in [-0.3, -0.25) is 4.99 Å². The Hall–Kier alpha value is -3.55. The summed E-state index contributed by atoms with van der Waals surface area (Å²) < 4.78 is 5.48. The van der Waals surface area contributed by atoms with Gasteiger partial charge < -0.3 is 25.8 Å². The van der Waals surface area contributed by atoms with Gasteiger partial charge in [-0.2, -0.15) is 0 Å². The van der Waals surface area contributed by atoms with Gasteiger partial charge in [0.2, 0.25) is 0 Å². The zero-order chi connectivity index (χ0) is 24.3. The van der Waals surface area contributed by atoms with Crippen molar-refractivity contribution < 1.29 is 19.4 Å². The molecule has 0 saturated heterocycles. The van der Waals surface area contributed by atoms with Crippen molar-refractivity contribution >= 4 is 18.0 Å². The molecule has 0 spiro atoms. The molecule has 0 radical (unpaired) electrons. The largest absolute Gasteiger partial charge is 0.480 e. The second kappa shape index (κ2) is 12.6. The smallest absolute Gasteiger partial charge is 0.407 e. The summed E-state index contributed by atoms with van der Waals surface area (Å²) in [7, 11) is 0. The number of carbonyl (C=O) groups excluding carboxylic acids is 1. The highest BCUT2D eigenvalue weighted by atomic mass is 16.5. The number of guanidine groups is 1. The van der Waals surface area contributed by atoms with Gasteiger partial charge in [0.05, 0.1) is 0 Å². The molecule has 0 aromatic heterocycles. The van der Waals surface area contributed by atoms with Crippen LogP contribution in [0.3, 0.4) is 0 Å². The van der Waals surface area contributed by atoms with E-state index in [2.05, 4.69) is 33.1 Å². The third kappa shape index (κ3) is 6.50. The van der Waals surface area contributed by atoms with E-state index in [4.69, 9.17) is 4.74 Å². The van der Waals surface area contributed by atoms with Gasteiger partial charge in [0.1, 0.15) is 12.6 Å². The topological polar surface area (TPSA) is 112 Å². The number of nitrogens with zero attached hydrogens (tertiary/aromatic N) is 1. The molecule has 0 unspecified atom stereocenters. The van der Waals surface area contributed by atoms with Crippen molar-refractivity contribution in [3.8, 4) is 11.1 Å². The summed E-state index contributed by atoms with van der Waals surface area (Å²) >= 11 is 0. The van der Waals surface area contributed by atoms with Crippen molar-refractivity contribution in [1.82, 2.24) is 16.0 Å². The first-order valence-corrected chi connectivity index (χ1v) is 11.9. The van der Waals surface area contributed by atoms with Gasteiger partial charge in [-0.1, -0.05) is 48.5 Å². The van der Waals surface area contributed by atoms with Crippen LogP contribution in [0.2, 0.25) is 0 Å². The highest BCUT2D eigenvalue weighted by Crippen LogP contribution is 2.44. The Morgan fingerprint density at radius 3 is 2.12 bits per heavy atom. The maximum atomic E-state index is 12.4. The van der Waals surface area contributed by atoms with E-state index in [1.165, 1.54) is 0 Å². The maximum Gasteiger partial charge on any atom is 0.407 e. The first-order valence-electron chi connectivity index (χ1n) is 11.9. The van der Waals surface area contributed by atoms with Crippen LogP contribution >= 0.6 is 0 Å². The van der Waals surface area contributed by atoms with Gasteiger partial charge in [0, 0.05) is 25.6 Å². The number of unbranched alkanes of at least 4 members (excludes halogenated alkanes) is 1. The number of amides is 1. The van der Waals surface area contributed by atoms with E-state index in [-0.39, 0.29) is 12.5 Å². The zero-order valence-corrected chi connectivity index (χ0v) is 19.8. The number of benzene rings is 2. The number of aliphatic imine (C=N–C) groups is 1. The van der Waals surface area contributed by atoms with Crippen molar-refractivity contribution in [1.29, 1.82) is 0 Å². The van der Waals surface area contributed by atoms with Gasteiger partial charge in [0.15, 0.2) is 5.96 Å². The van der Waals surface area contributed by atoms with Crippen LogP contribution in [0.5, 0.6) is 0 Å². The Labute approximate surface area is 200 Å². The first kappa shape index (κ1) is 25.1. The van der Waals surface area contributed by atoms with E-state index >= 15 is 0 Å². The fourth-order valence-electron chi connectivity index (χ4n) is 4.20. The summed E-state index contributed by atoms with van der Waals surface area (Å²) in [6.45, 7) is 6.28. The fourth-order valence-corrected chi connectivity index (χ4v) is 4.20. The number of rotatable bonds is 11.